The van der Waals surface area contributed by atoms with Crippen LogP contribution in [0.15, 0.2) is 30.3 Å². The summed E-state index contributed by atoms with van der Waals surface area (Å²) in [6, 6.07) is 10.2. The third-order valence-corrected chi connectivity index (χ3v) is 3.92. The molecule has 3 nitrogen and oxygen atoms in total. The summed E-state index contributed by atoms with van der Waals surface area (Å²) in [5, 5.41) is 0. The van der Waals surface area contributed by atoms with Crippen molar-refractivity contribution in [3.8, 4) is 5.75 Å². The normalized spacial score (nSPS) is 17.4. The zero-order chi connectivity index (χ0) is 14.8. The number of nitrogens with one attached hydrogen (secondary N) is 1. The molecular formula is C17H20N2OS. The van der Waals surface area contributed by atoms with Gasteiger partial charge in [0.15, 0.2) is 0 Å². The highest BCUT2D eigenvalue weighted by molar-refractivity contribution is 7.71. The van der Waals surface area contributed by atoms with Gasteiger partial charge < -0.3 is 9.72 Å². The molecule has 1 unspecified atom stereocenters. The van der Waals surface area contributed by atoms with Crippen molar-refractivity contribution in [2.45, 2.75) is 32.6 Å². The Labute approximate surface area is 130 Å². The molecule has 0 radical (unpaired) electrons. The highest BCUT2D eigenvalue weighted by Gasteiger charge is 2.23. The molecule has 1 aromatic heterocycles. The van der Waals surface area contributed by atoms with Gasteiger partial charge in [0.05, 0.1) is 12.5 Å². The van der Waals surface area contributed by atoms with Gasteiger partial charge in [0.1, 0.15) is 16.2 Å². The van der Waals surface area contributed by atoms with E-state index in [0.717, 1.165) is 24.4 Å². The number of hydrogen-bond donors (Lipinski definition) is 1. The van der Waals surface area contributed by atoms with Gasteiger partial charge in [0.25, 0.3) is 0 Å². The van der Waals surface area contributed by atoms with E-state index >= 15 is 0 Å². The Kier molecular flexibility index (Phi) is 4.06. The summed E-state index contributed by atoms with van der Waals surface area (Å²) in [7, 11) is 0. The third-order valence-electron chi connectivity index (χ3n) is 3.71. The first-order valence-corrected chi connectivity index (χ1v) is 7.83. The van der Waals surface area contributed by atoms with Crippen LogP contribution in [0.2, 0.25) is 0 Å². The third kappa shape index (κ3) is 3.32. The van der Waals surface area contributed by atoms with Crippen molar-refractivity contribution < 1.29 is 4.74 Å². The van der Waals surface area contributed by atoms with E-state index in [-0.39, 0.29) is 5.92 Å². The maximum absolute atomic E-state index is 5.86. The van der Waals surface area contributed by atoms with Crippen molar-refractivity contribution in [2.75, 3.05) is 6.61 Å². The zero-order valence-corrected chi connectivity index (χ0v) is 13.2. The Bertz CT molecular complexity index is 693. The lowest BCUT2D eigenvalue weighted by molar-refractivity contribution is 0.257. The summed E-state index contributed by atoms with van der Waals surface area (Å²) < 4.78 is 6.52. The molecule has 0 saturated heterocycles. The Morgan fingerprint density at radius 1 is 1.38 bits per heavy atom. The highest BCUT2D eigenvalue weighted by atomic mass is 32.1. The second kappa shape index (κ2) is 5.98. The lowest BCUT2D eigenvalue weighted by Crippen LogP contribution is -2.21. The van der Waals surface area contributed by atoms with E-state index < -0.39 is 0 Å². The SMILES string of the molecule is CC(C)Cc1cc(=S)nc(C2COc3ccccc3C2)[nH]1. The molecule has 0 saturated carbocycles. The molecule has 0 aliphatic carbocycles. The molecular weight excluding hydrogens is 280 g/mol. The van der Waals surface area contributed by atoms with Crippen molar-refractivity contribution in [3.05, 3.63) is 52.1 Å². The van der Waals surface area contributed by atoms with Crippen molar-refractivity contribution in [2.24, 2.45) is 5.92 Å². The number of H-pyrrole nitrogens is 1. The molecule has 1 atom stereocenters. The molecule has 3 rings (SSSR count). The number of nitrogens with zero attached hydrogens (tertiary/aromatic N) is 1. The van der Waals surface area contributed by atoms with E-state index in [4.69, 9.17) is 17.0 Å². The minimum Gasteiger partial charge on any atom is -0.493 e. The smallest absolute Gasteiger partial charge is 0.130 e. The number of fused-ring (bicyclic) bond motifs is 1. The summed E-state index contributed by atoms with van der Waals surface area (Å²) in [5.74, 6) is 2.78. The van der Waals surface area contributed by atoms with Crippen LogP contribution in [-0.4, -0.2) is 16.6 Å². The average Bonchev–Trinajstić information content (AvgIpc) is 2.45. The molecule has 1 N–H and O–H groups in total. The fraction of sp³-hybridized carbons (Fsp3) is 0.412. The molecule has 1 aliphatic rings. The zero-order valence-electron chi connectivity index (χ0n) is 12.4. The minimum atomic E-state index is 0.244. The van der Waals surface area contributed by atoms with Gasteiger partial charge in [-0.15, -0.1) is 0 Å². The van der Waals surface area contributed by atoms with E-state index in [9.17, 15) is 0 Å². The van der Waals surface area contributed by atoms with Gasteiger partial charge in [0.2, 0.25) is 0 Å². The Hall–Kier alpha value is -1.68. The molecule has 110 valence electrons. The van der Waals surface area contributed by atoms with Gasteiger partial charge in [-0.2, -0.15) is 0 Å². The average molecular weight is 300 g/mol. The Balaban J connectivity index is 1.88. The molecule has 1 aliphatic heterocycles. The fourth-order valence-electron chi connectivity index (χ4n) is 2.78. The Morgan fingerprint density at radius 2 is 2.19 bits per heavy atom. The maximum Gasteiger partial charge on any atom is 0.130 e. The largest absolute Gasteiger partial charge is 0.493 e. The van der Waals surface area contributed by atoms with Crippen molar-refractivity contribution >= 4 is 12.2 Å². The Morgan fingerprint density at radius 3 is 3.00 bits per heavy atom. The molecule has 0 spiro atoms. The topological polar surface area (TPSA) is 37.9 Å². The van der Waals surface area contributed by atoms with Crippen LogP contribution in [0.25, 0.3) is 0 Å². The summed E-state index contributed by atoms with van der Waals surface area (Å²) in [6.45, 7) is 5.06. The van der Waals surface area contributed by atoms with E-state index in [1.807, 2.05) is 18.2 Å². The first-order valence-electron chi connectivity index (χ1n) is 7.42. The molecule has 2 heterocycles. The number of benzene rings is 1. The lowest BCUT2D eigenvalue weighted by atomic mass is 9.96. The summed E-state index contributed by atoms with van der Waals surface area (Å²) >= 11 is 5.32. The fourth-order valence-corrected chi connectivity index (χ4v) is 3.02. The van der Waals surface area contributed by atoms with Crippen molar-refractivity contribution in [1.82, 2.24) is 9.97 Å². The molecule has 21 heavy (non-hydrogen) atoms. The number of para-hydroxylation sites is 1. The van der Waals surface area contributed by atoms with Crippen LogP contribution in [0.3, 0.4) is 0 Å². The van der Waals surface area contributed by atoms with E-state index in [2.05, 4.69) is 35.9 Å². The number of aromatic nitrogens is 2. The highest BCUT2D eigenvalue weighted by Crippen LogP contribution is 2.30. The number of aromatic amines is 1. The monoisotopic (exact) mass is 300 g/mol. The molecule has 0 amide bonds. The van der Waals surface area contributed by atoms with Gasteiger partial charge in [-0.05, 0) is 36.5 Å². The first-order chi connectivity index (χ1) is 10.1. The molecule has 1 aromatic carbocycles. The lowest BCUT2D eigenvalue weighted by Gasteiger charge is -2.25. The van der Waals surface area contributed by atoms with Gasteiger partial charge in [0, 0.05) is 5.69 Å². The predicted molar refractivity (Wildman–Crippen MR) is 86.3 cm³/mol. The second-order valence-electron chi connectivity index (χ2n) is 6.05. The molecule has 0 fully saturated rings. The van der Waals surface area contributed by atoms with Gasteiger partial charge in [-0.3, -0.25) is 0 Å². The van der Waals surface area contributed by atoms with E-state index in [1.165, 1.54) is 11.3 Å². The van der Waals surface area contributed by atoms with E-state index in [0.29, 0.717) is 17.2 Å². The van der Waals surface area contributed by atoms with Gasteiger partial charge >= 0.3 is 0 Å². The summed E-state index contributed by atoms with van der Waals surface area (Å²) in [6.07, 6.45) is 1.93. The number of hydrogen-bond acceptors (Lipinski definition) is 3. The van der Waals surface area contributed by atoms with Crippen LogP contribution in [0.4, 0.5) is 0 Å². The van der Waals surface area contributed by atoms with Crippen LogP contribution >= 0.6 is 12.2 Å². The molecule has 4 heteroatoms. The number of rotatable bonds is 3. The second-order valence-corrected chi connectivity index (χ2v) is 6.47. The standard InChI is InChI=1S/C17H20N2OS/c1-11(2)7-14-9-16(21)19-17(18-14)13-8-12-5-3-4-6-15(12)20-10-13/h3-6,9,11,13H,7-8,10H2,1-2H3,(H,18,19,21). The van der Waals surface area contributed by atoms with Crippen LogP contribution in [-0.2, 0) is 12.8 Å². The van der Waals surface area contributed by atoms with E-state index in [1.54, 1.807) is 0 Å². The van der Waals surface area contributed by atoms with Crippen LogP contribution < -0.4 is 4.74 Å². The summed E-state index contributed by atoms with van der Waals surface area (Å²) in [5.41, 5.74) is 2.41. The van der Waals surface area contributed by atoms with Crippen LogP contribution in [0.5, 0.6) is 5.75 Å². The molecule has 0 bridgehead atoms. The minimum absolute atomic E-state index is 0.244. The van der Waals surface area contributed by atoms with Gasteiger partial charge in [-0.1, -0.05) is 44.3 Å². The molecule has 2 aromatic rings. The van der Waals surface area contributed by atoms with Gasteiger partial charge in [-0.25, -0.2) is 4.98 Å². The van der Waals surface area contributed by atoms with Crippen LogP contribution in [0.1, 0.15) is 36.8 Å². The quantitative estimate of drug-likeness (QED) is 0.869. The first kappa shape index (κ1) is 14.3. The number of ether oxygens (including phenoxy) is 1. The predicted octanol–water partition coefficient (Wildman–Crippen LogP) is 4.06. The summed E-state index contributed by atoms with van der Waals surface area (Å²) in [4.78, 5) is 7.98. The van der Waals surface area contributed by atoms with Crippen molar-refractivity contribution in [3.63, 3.8) is 0 Å². The van der Waals surface area contributed by atoms with Crippen LogP contribution in [0, 0.1) is 10.6 Å². The maximum atomic E-state index is 5.86. The van der Waals surface area contributed by atoms with Crippen molar-refractivity contribution in [1.29, 1.82) is 0 Å².